The van der Waals surface area contributed by atoms with Gasteiger partial charge in [-0.1, -0.05) is 6.07 Å². The first kappa shape index (κ1) is 9.92. The van der Waals surface area contributed by atoms with Crippen LogP contribution in [0.4, 0.5) is 11.4 Å². The summed E-state index contributed by atoms with van der Waals surface area (Å²) >= 11 is 0. The van der Waals surface area contributed by atoms with E-state index in [1.165, 1.54) is 0 Å². The number of benzene rings is 1. The summed E-state index contributed by atoms with van der Waals surface area (Å²) in [4.78, 5) is 12.4. The van der Waals surface area contributed by atoms with Crippen LogP contribution in [-0.2, 0) is 0 Å². The van der Waals surface area contributed by atoms with Crippen molar-refractivity contribution in [3.05, 3.63) is 34.4 Å². The van der Waals surface area contributed by atoms with Crippen molar-refractivity contribution in [2.24, 2.45) is 0 Å². The number of nitro benzene ring substituents is 1. The fourth-order valence-electron chi connectivity index (χ4n) is 1.73. The van der Waals surface area contributed by atoms with Gasteiger partial charge >= 0.3 is 5.69 Å². The van der Waals surface area contributed by atoms with Crippen molar-refractivity contribution < 1.29 is 4.92 Å². The van der Waals surface area contributed by atoms with E-state index in [1.807, 2.05) is 4.90 Å². The van der Waals surface area contributed by atoms with Gasteiger partial charge in [0.15, 0.2) is 0 Å². The SMILES string of the molecule is O=[N+]([O-])c1[c]cccc1N1CCNCC1. The smallest absolute Gasteiger partial charge is 0.300 e. The zero-order chi connectivity index (χ0) is 10.7. The van der Waals surface area contributed by atoms with E-state index in [9.17, 15) is 10.1 Å². The van der Waals surface area contributed by atoms with Gasteiger partial charge < -0.3 is 10.2 Å². The Kier molecular flexibility index (Phi) is 2.82. The Morgan fingerprint density at radius 2 is 2.20 bits per heavy atom. The molecule has 0 aromatic heterocycles. The Bertz CT molecular complexity index is 361. The fraction of sp³-hybridized carbons (Fsp3) is 0.400. The van der Waals surface area contributed by atoms with Gasteiger partial charge in [-0.15, -0.1) is 0 Å². The van der Waals surface area contributed by atoms with E-state index in [0.29, 0.717) is 5.69 Å². The predicted molar refractivity (Wildman–Crippen MR) is 57.0 cm³/mol. The molecule has 1 fully saturated rings. The van der Waals surface area contributed by atoms with Crippen LogP contribution < -0.4 is 10.2 Å². The minimum atomic E-state index is -0.378. The monoisotopic (exact) mass is 206 g/mol. The number of nitrogens with zero attached hydrogens (tertiary/aromatic N) is 2. The van der Waals surface area contributed by atoms with Gasteiger partial charge in [-0.3, -0.25) is 10.1 Å². The quantitative estimate of drug-likeness (QED) is 0.574. The second kappa shape index (κ2) is 4.27. The average molecular weight is 206 g/mol. The van der Waals surface area contributed by atoms with Crippen LogP contribution in [0.3, 0.4) is 0 Å². The fourth-order valence-corrected chi connectivity index (χ4v) is 1.73. The second-order valence-electron chi connectivity index (χ2n) is 3.40. The summed E-state index contributed by atoms with van der Waals surface area (Å²) in [5, 5.41) is 14.0. The van der Waals surface area contributed by atoms with E-state index in [-0.39, 0.29) is 10.6 Å². The maximum absolute atomic E-state index is 10.8. The molecule has 0 atom stereocenters. The van der Waals surface area contributed by atoms with Crippen LogP contribution in [0, 0.1) is 16.2 Å². The number of rotatable bonds is 2. The molecule has 0 saturated carbocycles. The highest BCUT2D eigenvalue weighted by Crippen LogP contribution is 2.26. The number of nitrogens with one attached hydrogen (secondary N) is 1. The molecule has 1 heterocycles. The van der Waals surface area contributed by atoms with Gasteiger partial charge in [0.05, 0.1) is 11.0 Å². The highest BCUT2D eigenvalue weighted by molar-refractivity contribution is 5.62. The number of hydrogen-bond acceptors (Lipinski definition) is 4. The summed E-state index contributed by atoms with van der Waals surface area (Å²) in [6.07, 6.45) is 0. The molecule has 1 aromatic rings. The number of hydrogen-bond donors (Lipinski definition) is 1. The molecule has 5 heteroatoms. The molecule has 1 N–H and O–H groups in total. The molecule has 1 radical (unpaired) electrons. The van der Waals surface area contributed by atoms with Crippen molar-refractivity contribution >= 4 is 11.4 Å². The minimum Gasteiger partial charge on any atom is -0.363 e. The lowest BCUT2D eigenvalue weighted by Gasteiger charge is -2.28. The molecule has 1 saturated heterocycles. The molecular weight excluding hydrogens is 194 g/mol. The maximum Gasteiger partial charge on any atom is 0.300 e. The van der Waals surface area contributed by atoms with Crippen LogP contribution in [0.1, 0.15) is 0 Å². The van der Waals surface area contributed by atoms with Crippen LogP contribution in [-0.4, -0.2) is 31.1 Å². The van der Waals surface area contributed by atoms with Crippen molar-refractivity contribution in [1.29, 1.82) is 0 Å². The summed E-state index contributed by atoms with van der Waals surface area (Å²) in [5.41, 5.74) is 0.739. The molecule has 0 amide bonds. The van der Waals surface area contributed by atoms with E-state index in [2.05, 4.69) is 11.4 Å². The molecule has 0 unspecified atom stereocenters. The van der Waals surface area contributed by atoms with E-state index < -0.39 is 0 Å². The Labute approximate surface area is 87.8 Å². The van der Waals surface area contributed by atoms with E-state index in [1.54, 1.807) is 18.2 Å². The minimum absolute atomic E-state index is 0.0689. The van der Waals surface area contributed by atoms with Gasteiger partial charge in [0.1, 0.15) is 5.69 Å². The van der Waals surface area contributed by atoms with Gasteiger partial charge in [-0.25, -0.2) is 0 Å². The lowest BCUT2D eigenvalue weighted by Crippen LogP contribution is -2.43. The summed E-state index contributed by atoms with van der Waals surface area (Å²) in [6.45, 7) is 3.34. The molecule has 5 nitrogen and oxygen atoms in total. The third-order valence-corrected chi connectivity index (χ3v) is 2.45. The largest absolute Gasteiger partial charge is 0.363 e. The first-order valence-corrected chi connectivity index (χ1v) is 4.90. The van der Waals surface area contributed by atoms with E-state index in [4.69, 9.17) is 0 Å². The molecule has 2 rings (SSSR count). The Morgan fingerprint density at radius 3 is 2.87 bits per heavy atom. The highest BCUT2D eigenvalue weighted by Gasteiger charge is 2.19. The predicted octanol–water partition coefficient (Wildman–Crippen LogP) is 0.805. The Hall–Kier alpha value is -1.62. The van der Waals surface area contributed by atoms with E-state index in [0.717, 1.165) is 26.2 Å². The van der Waals surface area contributed by atoms with Crippen LogP contribution in [0.2, 0.25) is 0 Å². The lowest BCUT2D eigenvalue weighted by atomic mass is 10.2. The third-order valence-electron chi connectivity index (χ3n) is 2.45. The third kappa shape index (κ3) is 2.07. The average Bonchev–Trinajstić information content (AvgIpc) is 2.30. The molecule has 0 bridgehead atoms. The lowest BCUT2D eigenvalue weighted by molar-refractivity contribution is -0.384. The summed E-state index contributed by atoms with van der Waals surface area (Å²) in [6, 6.07) is 7.81. The topological polar surface area (TPSA) is 58.4 Å². The highest BCUT2D eigenvalue weighted by atomic mass is 16.6. The molecule has 15 heavy (non-hydrogen) atoms. The molecule has 0 aliphatic carbocycles. The zero-order valence-electron chi connectivity index (χ0n) is 8.27. The maximum atomic E-state index is 10.8. The van der Waals surface area contributed by atoms with Gasteiger partial charge in [0.25, 0.3) is 0 Å². The Balaban J connectivity index is 2.29. The first-order chi connectivity index (χ1) is 7.29. The number of piperazine rings is 1. The number of anilines is 1. The summed E-state index contributed by atoms with van der Waals surface area (Å²) < 4.78 is 0. The van der Waals surface area contributed by atoms with Crippen molar-refractivity contribution in [1.82, 2.24) is 5.32 Å². The molecule has 1 aromatic carbocycles. The summed E-state index contributed by atoms with van der Waals surface area (Å²) in [5.74, 6) is 0. The van der Waals surface area contributed by atoms with Crippen molar-refractivity contribution in [3.63, 3.8) is 0 Å². The molecule has 0 spiro atoms. The Morgan fingerprint density at radius 1 is 1.47 bits per heavy atom. The van der Waals surface area contributed by atoms with Gasteiger partial charge in [-0.2, -0.15) is 0 Å². The van der Waals surface area contributed by atoms with Crippen LogP contribution >= 0.6 is 0 Å². The molecule has 79 valence electrons. The van der Waals surface area contributed by atoms with Crippen molar-refractivity contribution in [2.75, 3.05) is 31.1 Å². The number of nitro groups is 1. The molecule has 1 aliphatic heterocycles. The van der Waals surface area contributed by atoms with Gasteiger partial charge in [0, 0.05) is 26.2 Å². The zero-order valence-corrected chi connectivity index (χ0v) is 8.27. The van der Waals surface area contributed by atoms with Crippen molar-refractivity contribution in [2.45, 2.75) is 0 Å². The van der Waals surface area contributed by atoms with E-state index >= 15 is 0 Å². The normalized spacial score (nSPS) is 16.4. The standard InChI is InChI=1S/C10H12N3O2/c14-13(15)10-4-2-1-3-9(10)12-7-5-11-6-8-12/h1-3,11H,5-8H2. The molecular formula is C10H12N3O2. The van der Waals surface area contributed by atoms with Crippen molar-refractivity contribution in [3.8, 4) is 0 Å². The first-order valence-electron chi connectivity index (χ1n) is 4.90. The van der Waals surface area contributed by atoms with Crippen LogP contribution in [0.25, 0.3) is 0 Å². The summed E-state index contributed by atoms with van der Waals surface area (Å²) in [7, 11) is 0. The second-order valence-corrected chi connectivity index (χ2v) is 3.40. The van der Waals surface area contributed by atoms with Crippen LogP contribution in [0.15, 0.2) is 18.2 Å². The van der Waals surface area contributed by atoms with Gasteiger partial charge in [0.2, 0.25) is 0 Å². The molecule has 1 aliphatic rings. The van der Waals surface area contributed by atoms with Crippen LogP contribution in [0.5, 0.6) is 0 Å². The van der Waals surface area contributed by atoms with Gasteiger partial charge in [-0.05, 0) is 12.1 Å². The number of para-hydroxylation sites is 1.